The van der Waals surface area contributed by atoms with Gasteiger partial charge in [-0.3, -0.25) is 4.79 Å². The highest BCUT2D eigenvalue weighted by Crippen LogP contribution is 2.43. The van der Waals surface area contributed by atoms with Gasteiger partial charge >= 0.3 is 6.03 Å². The number of nitrogens with zero attached hydrogens (tertiary/aromatic N) is 3. The molecule has 2 saturated carbocycles. The van der Waals surface area contributed by atoms with Gasteiger partial charge in [-0.2, -0.15) is 0 Å². The molecule has 190 valence electrons. The van der Waals surface area contributed by atoms with Gasteiger partial charge in [0.2, 0.25) is 5.91 Å². The van der Waals surface area contributed by atoms with Crippen LogP contribution in [0.15, 0.2) is 30.3 Å². The SMILES string of the molecule is O=C(N1CC(CN[C@@H]2C[C@H]2c2ccccc2)C1)N1CCC[C@]2(CCN([C@H]3CC[C@@H](O)CC3)C2=O)C1. The van der Waals surface area contributed by atoms with Crippen LogP contribution in [0.4, 0.5) is 4.79 Å². The van der Waals surface area contributed by atoms with Gasteiger partial charge in [0.1, 0.15) is 0 Å². The van der Waals surface area contributed by atoms with E-state index in [1.807, 2.05) is 9.80 Å². The van der Waals surface area contributed by atoms with Crippen molar-refractivity contribution in [2.45, 2.75) is 75.5 Å². The summed E-state index contributed by atoms with van der Waals surface area (Å²) in [6.45, 7) is 4.78. The number of carbonyl (C=O) groups is 2. The van der Waals surface area contributed by atoms with Crippen LogP contribution in [0.5, 0.6) is 0 Å². The molecule has 6 rings (SSSR count). The van der Waals surface area contributed by atoms with Crippen molar-refractivity contribution in [1.82, 2.24) is 20.0 Å². The molecular formula is C28H40N4O3. The monoisotopic (exact) mass is 480 g/mol. The average molecular weight is 481 g/mol. The average Bonchev–Trinajstić information content (AvgIpc) is 3.58. The summed E-state index contributed by atoms with van der Waals surface area (Å²) in [4.78, 5) is 32.8. The molecule has 3 aliphatic heterocycles. The second kappa shape index (κ2) is 9.40. The lowest BCUT2D eigenvalue weighted by Crippen LogP contribution is -2.60. The quantitative estimate of drug-likeness (QED) is 0.680. The first-order valence-corrected chi connectivity index (χ1v) is 13.8. The van der Waals surface area contributed by atoms with Crippen molar-refractivity contribution in [3.63, 3.8) is 0 Å². The number of hydrogen-bond acceptors (Lipinski definition) is 4. The molecule has 0 bridgehead atoms. The molecule has 0 radical (unpaired) electrons. The Hall–Kier alpha value is -2.12. The zero-order valence-corrected chi connectivity index (χ0v) is 20.8. The van der Waals surface area contributed by atoms with E-state index >= 15 is 0 Å². The topological polar surface area (TPSA) is 76.1 Å². The molecular weight excluding hydrogens is 440 g/mol. The van der Waals surface area contributed by atoms with E-state index in [4.69, 9.17) is 0 Å². The van der Waals surface area contributed by atoms with Gasteiger partial charge in [-0.05, 0) is 56.9 Å². The molecule has 1 spiro atoms. The molecule has 0 unspecified atom stereocenters. The summed E-state index contributed by atoms with van der Waals surface area (Å²) >= 11 is 0. The number of nitrogens with one attached hydrogen (secondary N) is 1. The largest absolute Gasteiger partial charge is 0.393 e. The van der Waals surface area contributed by atoms with E-state index < -0.39 is 0 Å². The van der Waals surface area contributed by atoms with Crippen LogP contribution in [0.25, 0.3) is 0 Å². The molecule has 3 heterocycles. The summed E-state index contributed by atoms with van der Waals surface area (Å²) in [5, 5.41) is 13.6. The number of hydrogen-bond donors (Lipinski definition) is 2. The Labute approximate surface area is 208 Å². The first-order chi connectivity index (χ1) is 17.0. The number of likely N-dealkylation sites (tertiary alicyclic amines) is 3. The molecule has 1 aromatic rings. The van der Waals surface area contributed by atoms with Crippen LogP contribution in [-0.2, 0) is 4.79 Å². The Morgan fingerprint density at radius 3 is 2.57 bits per heavy atom. The van der Waals surface area contributed by atoms with Crippen molar-refractivity contribution in [1.29, 1.82) is 0 Å². The summed E-state index contributed by atoms with van der Waals surface area (Å²) in [6.07, 6.45) is 7.09. The molecule has 7 heteroatoms. The summed E-state index contributed by atoms with van der Waals surface area (Å²) < 4.78 is 0. The molecule has 2 aliphatic carbocycles. The molecule has 1 aromatic carbocycles. The van der Waals surface area contributed by atoms with E-state index in [9.17, 15) is 14.7 Å². The number of urea groups is 1. The molecule has 2 N–H and O–H groups in total. The number of benzene rings is 1. The first-order valence-electron chi connectivity index (χ1n) is 13.8. The van der Waals surface area contributed by atoms with Gasteiger partial charge < -0.3 is 25.1 Å². The molecule has 7 nitrogen and oxygen atoms in total. The van der Waals surface area contributed by atoms with E-state index in [1.54, 1.807) is 0 Å². The van der Waals surface area contributed by atoms with Gasteiger partial charge in [0.05, 0.1) is 11.5 Å². The van der Waals surface area contributed by atoms with Gasteiger partial charge in [0.25, 0.3) is 0 Å². The zero-order chi connectivity index (χ0) is 24.0. The maximum absolute atomic E-state index is 13.5. The smallest absolute Gasteiger partial charge is 0.320 e. The number of aliphatic hydroxyl groups is 1. The Kier molecular flexibility index (Phi) is 6.25. The maximum atomic E-state index is 13.5. The molecule has 5 aliphatic rings. The predicted molar refractivity (Wildman–Crippen MR) is 134 cm³/mol. The highest BCUT2D eigenvalue weighted by atomic mass is 16.3. The van der Waals surface area contributed by atoms with Crippen molar-refractivity contribution >= 4 is 11.9 Å². The predicted octanol–water partition coefficient (Wildman–Crippen LogP) is 2.80. The van der Waals surface area contributed by atoms with E-state index in [2.05, 4.69) is 40.5 Å². The van der Waals surface area contributed by atoms with E-state index in [-0.39, 0.29) is 29.5 Å². The van der Waals surface area contributed by atoms with Gasteiger partial charge in [-0.25, -0.2) is 4.79 Å². The van der Waals surface area contributed by atoms with Gasteiger partial charge in [-0.1, -0.05) is 30.3 Å². The lowest BCUT2D eigenvalue weighted by Gasteiger charge is -2.46. The molecule has 3 saturated heterocycles. The Morgan fingerprint density at radius 1 is 1.03 bits per heavy atom. The maximum Gasteiger partial charge on any atom is 0.320 e. The van der Waals surface area contributed by atoms with Crippen LogP contribution in [0.3, 0.4) is 0 Å². The van der Waals surface area contributed by atoms with Crippen LogP contribution in [0.2, 0.25) is 0 Å². The minimum absolute atomic E-state index is 0.126. The summed E-state index contributed by atoms with van der Waals surface area (Å²) in [5.74, 6) is 1.43. The number of rotatable bonds is 5. The van der Waals surface area contributed by atoms with E-state index in [0.29, 0.717) is 24.4 Å². The van der Waals surface area contributed by atoms with Crippen LogP contribution < -0.4 is 5.32 Å². The fourth-order valence-corrected chi connectivity index (χ4v) is 7.10. The van der Waals surface area contributed by atoms with E-state index in [1.165, 1.54) is 12.0 Å². The number of carbonyl (C=O) groups excluding carboxylic acids is 2. The van der Waals surface area contributed by atoms with Crippen LogP contribution >= 0.6 is 0 Å². The lowest BCUT2D eigenvalue weighted by molar-refractivity contribution is -0.141. The first kappa shape index (κ1) is 23.3. The summed E-state index contributed by atoms with van der Waals surface area (Å²) in [7, 11) is 0. The van der Waals surface area contributed by atoms with Crippen molar-refractivity contribution < 1.29 is 14.7 Å². The minimum atomic E-state index is -0.381. The van der Waals surface area contributed by atoms with Gasteiger partial charge in [0.15, 0.2) is 0 Å². The van der Waals surface area contributed by atoms with Crippen molar-refractivity contribution in [3.05, 3.63) is 35.9 Å². The molecule has 35 heavy (non-hydrogen) atoms. The fraction of sp³-hybridized carbons (Fsp3) is 0.714. The summed E-state index contributed by atoms with van der Waals surface area (Å²) in [6, 6.07) is 11.7. The molecule has 3 atom stereocenters. The minimum Gasteiger partial charge on any atom is -0.393 e. The second-order valence-corrected chi connectivity index (χ2v) is 11.8. The van der Waals surface area contributed by atoms with Crippen molar-refractivity contribution in [3.8, 4) is 0 Å². The van der Waals surface area contributed by atoms with Crippen LogP contribution in [-0.4, -0.2) is 89.2 Å². The third kappa shape index (κ3) is 4.57. The second-order valence-electron chi connectivity index (χ2n) is 11.8. The number of amides is 3. The third-order valence-electron chi connectivity index (χ3n) is 9.41. The van der Waals surface area contributed by atoms with Crippen LogP contribution in [0, 0.1) is 11.3 Å². The zero-order valence-electron chi connectivity index (χ0n) is 20.8. The van der Waals surface area contributed by atoms with Crippen molar-refractivity contribution in [2.24, 2.45) is 11.3 Å². The lowest BCUT2D eigenvalue weighted by atomic mass is 9.78. The van der Waals surface area contributed by atoms with E-state index in [0.717, 1.165) is 77.7 Å². The Balaban J connectivity index is 0.966. The van der Waals surface area contributed by atoms with Crippen molar-refractivity contribution in [2.75, 3.05) is 39.3 Å². The normalized spacial score (nSPS) is 35.5. The highest BCUT2D eigenvalue weighted by molar-refractivity contribution is 5.86. The third-order valence-corrected chi connectivity index (χ3v) is 9.41. The fourth-order valence-electron chi connectivity index (χ4n) is 7.10. The molecule has 5 fully saturated rings. The van der Waals surface area contributed by atoms with Gasteiger partial charge in [0, 0.05) is 63.2 Å². The highest BCUT2D eigenvalue weighted by Gasteiger charge is 2.52. The standard InChI is InChI=1S/C28H40N4O3/c33-23-9-7-22(8-10-23)32-14-12-28(26(32)34)11-4-13-30(19-28)27(35)31-17-20(18-31)16-29-25-15-24(25)21-5-2-1-3-6-21/h1-3,5-6,20,22-25,29,33H,4,7-19H2/t22-,23+,24-,25+,28-/m0/s1. The van der Waals surface area contributed by atoms with Crippen LogP contribution in [0.1, 0.15) is 62.8 Å². The number of piperidine rings is 1. The summed E-state index contributed by atoms with van der Waals surface area (Å²) in [5.41, 5.74) is 1.05. The molecule has 3 amide bonds. The Morgan fingerprint density at radius 2 is 1.80 bits per heavy atom. The molecule has 0 aromatic heterocycles. The number of aliphatic hydroxyl groups excluding tert-OH is 1. The van der Waals surface area contributed by atoms with Gasteiger partial charge in [-0.15, -0.1) is 0 Å². The Bertz CT molecular complexity index is 927.